The van der Waals surface area contributed by atoms with Crippen LogP contribution in [0.15, 0.2) is 18.2 Å². The van der Waals surface area contributed by atoms with Gasteiger partial charge in [-0.05, 0) is 41.5 Å². The van der Waals surface area contributed by atoms with Gasteiger partial charge in [0.2, 0.25) is 0 Å². The lowest BCUT2D eigenvalue weighted by atomic mass is 9.87. The highest BCUT2D eigenvalue weighted by atomic mass is 35.5. The van der Waals surface area contributed by atoms with Crippen molar-refractivity contribution >= 4 is 18.3 Å². The highest BCUT2D eigenvalue weighted by Gasteiger charge is 2.35. The van der Waals surface area contributed by atoms with Gasteiger partial charge in [0.25, 0.3) is 5.91 Å². The van der Waals surface area contributed by atoms with E-state index in [-0.39, 0.29) is 23.7 Å². The summed E-state index contributed by atoms with van der Waals surface area (Å²) in [5.41, 5.74) is 3.61. The first-order valence-electron chi connectivity index (χ1n) is 7.20. The van der Waals surface area contributed by atoms with Crippen LogP contribution in [0.2, 0.25) is 0 Å². The summed E-state index contributed by atoms with van der Waals surface area (Å²) in [7, 11) is 0. The Bertz CT molecular complexity index is 513. The number of hydrogen-bond donors (Lipinski definition) is 2. The average Bonchev–Trinajstić information content (AvgIpc) is 2.95. The molecule has 0 aromatic heterocycles. The first kappa shape index (κ1) is 15.3. The van der Waals surface area contributed by atoms with Crippen LogP contribution in [0, 0.1) is 5.41 Å². The largest absolute Gasteiger partial charge is 0.349 e. The first-order valence-corrected chi connectivity index (χ1v) is 7.20. The molecule has 1 saturated carbocycles. The number of amides is 1. The summed E-state index contributed by atoms with van der Waals surface area (Å²) in [6, 6.07) is 6.37. The third kappa shape index (κ3) is 2.84. The van der Waals surface area contributed by atoms with Gasteiger partial charge in [0.1, 0.15) is 0 Å². The summed E-state index contributed by atoms with van der Waals surface area (Å²) in [5.74, 6) is 0.0784. The van der Waals surface area contributed by atoms with Crippen LogP contribution in [-0.4, -0.2) is 11.9 Å². The highest BCUT2D eigenvalue weighted by Crippen LogP contribution is 2.37. The van der Waals surface area contributed by atoms with Gasteiger partial charge in [-0.1, -0.05) is 26.3 Å². The second-order valence-corrected chi connectivity index (χ2v) is 6.49. The molecule has 20 heavy (non-hydrogen) atoms. The monoisotopic (exact) mass is 294 g/mol. The number of halogens is 1. The smallest absolute Gasteiger partial charge is 0.251 e. The fourth-order valence-corrected chi connectivity index (χ4v) is 3.27. The van der Waals surface area contributed by atoms with Crippen LogP contribution >= 0.6 is 12.4 Å². The molecule has 2 N–H and O–H groups in total. The Morgan fingerprint density at radius 1 is 1.30 bits per heavy atom. The summed E-state index contributed by atoms with van der Waals surface area (Å²) in [4.78, 5) is 12.4. The Morgan fingerprint density at radius 2 is 2.05 bits per heavy atom. The summed E-state index contributed by atoms with van der Waals surface area (Å²) in [5, 5.41) is 6.53. The molecule has 1 heterocycles. The average molecular weight is 295 g/mol. The van der Waals surface area contributed by atoms with Gasteiger partial charge in [0.05, 0.1) is 0 Å². The Kier molecular flexibility index (Phi) is 4.40. The summed E-state index contributed by atoms with van der Waals surface area (Å²) in [6.45, 7) is 6.30. The number of rotatable bonds is 2. The van der Waals surface area contributed by atoms with E-state index in [0.29, 0.717) is 6.04 Å². The molecular formula is C16H23ClN2O. The zero-order valence-electron chi connectivity index (χ0n) is 12.2. The lowest BCUT2D eigenvalue weighted by Gasteiger charge is -2.27. The lowest BCUT2D eigenvalue weighted by Crippen LogP contribution is -2.41. The van der Waals surface area contributed by atoms with Crippen molar-refractivity contribution in [1.82, 2.24) is 10.6 Å². The molecule has 1 fully saturated rings. The normalized spacial score (nSPS) is 23.0. The Morgan fingerprint density at radius 3 is 2.75 bits per heavy atom. The van der Waals surface area contributed by atoms with Gasteiger partial charge in [0, 0.05) is 24.7 Å². The van der Waals surface area contributed by atoms with E-state index in [1.807, 2.05) is 12.1 Å². The van der Waals surface area contributed by atoms with Gasteiger partial charge in [-0.3, -0.25) is 4.79 Å². The topological polar surface area (TPSA) is 41.1 Å². The minimum atomic E-state index is 0. The number of carbonyl (C=O) groups is 1. The highest BCUT2D eigenvalue weighted by molar-refractivity contribution is 5.94. The second kappa shape index (κ2) is 5.74. The van der Waals surface area contributed by atoms with Gasteiger partial charge in [0.15, 0.2) is 0 Å². The van der Waals surface area contributed by atoms with E-state index in [1.165, 1.54) is 24.0 Å². The van der Waals surface area contributed by atoms with Crippen molar-refractivity contribution in [3.8, 4) is 0 Å². The fraction of sp³-hybridized carbons (Fsp3) is 0.562. The standard InChI is InChI=1S/C16H22N2O.ClH/c1-16(2)7-3-4-14(16)18-15(19)11-5-6-12-9-17-10-13(12)8-11;/h5-6,8,14,17H,3-4,7,9-10H2,1-2H3,(H,18,19);1H. The third-order valence-electron chi connectivity index (χ3n) is 4.66. The van der Waals surface area contributed by atoms with Crippen LogP contribution in [0.25, 0.3) is 0 Å². The van der Waals surface area contributed by atoms with E-state index in [1.54, 1.807) is 0 Å². The lowest BCUT2D eigenvalue weighted by molar-refractivity contribution is 0.0910. The van der Waals surface area contributed by atoms with Crippen LogP contribution in [0.1, 0.15) is 54.6 Å². The van der Waals surface area contributed by atoms with Crippen molar-refractivity contribution < 1.29 is 4.79 Å². The number of carbonyl (C=O) groups excluding carboxylic acids is 1. The van der Waals surface area contributed by atoms with E-state index < -0.39 is 0 Å². The maximum atomic E-state index is 12.4. The Balaban J connectivity index is 0.00000147. The molecule has 1 aliphatic heterocycles. The molecule has 3 rings (SSSR count). The van der Waals surface area contributed by atoms with Gasteiger partial charge < -0.3 is 10.6 Å². The molecule has 1 aromatic rings. The number of benzene rings is 1. The second-order valence-electron chi connectivity index (χ2n) is 6.49. The zero-order chi connectivity index (χ0) is 13.5. The molecule has 0 spiro atoms. The van der Waals surface area contributed by atoms with Crippen LogP contribution in [-0.2, 0) is 13.1 Å². The van der Waals surface area contributed by atoms with Crippen molar-refractivity contribution in [3.05, 3.63) is 34.9 Å². The minimum Gasteiger partial charge on any atom is -0.349 e. The van der Waals surface area contributed by atoms with Gasteiger partial charge >= 0.3 is 0 Å². The maximum absolute atomic E-state index is 12.4. The third-order valence-corrected chi connectivity index (χ3v) is 4.66. The molecule has 1 unspecified atom stereocenters. The zero-order valence-corrected chi connectivity index (χ0v) is 13.0. The molecular weight excluding hydrogens is 272 g/mol. The van der Waals surface area contributed by atoms with Crippen LogP contribution in [0.3, 0.4) is 0 Å². The molecule has 0 radical (unpaired) electrons. The van der Waals surface area contributed by atoms with E-state index >= 15 is 0 Å². The minimum absolute atomic E-state index is 0. The quantitative estimate of drug-likeness (QED) is 0.880. The summed E-state index contributed by atoms with van der Waals surface area (Å²) in [6.07, 6.45) is 3.52. The predicted molar refractivity (Wildman–Crippen MR) is 83.1 cm³/mol. The van der Waals surface area contributed by atoms with E-state index in [9.17, 15) is 4.79 Å². The molecule has 1 aromatic carbocycles. The Hall–Kier alpha value is -1.06. The number of fused-ring (bicyclic) bond motifs is 1. The van der Waals surface area contributed by atoms with E-state index in [2.05, 4.69) is 30.5 Å². The maximum Gasteiger partial charge on any atom is 0.251 e. The predicted octanol–water partition coefficient (Wildman–Crippen LogP) is 3.02. The molecule has 4 heteroatoms. The molecule has 0 bridgehead atoms. The molecule has 1 amide bonds. The fourth-order valence-electron chi connectivity index (χ4n) is 3.27. The number of nitrogens with one attached hydrogen (secondary N) is 2. The SMILES string of the molecule is CC1(C)CCCC1NC(=O)c1ccc2c(c1)CNC2.Cl. The van der Waals surface area contributed by atoms with Crippen LogP contribution in [0.5, 0.6) is 0 Å². The number of hydrogen-bond acceptors (Lipinski definition) is 2. The van der Waals surface area contributed by atoms with Crippen LogP contribution < -0.4 is 10.6 Å². The summed E-state index contributed by atoms with van der Waals surface area (Å²) < 4.78 is 0. The molecule has 1 aliphatic carbocycles. The van der Waals surface area contributed by atoms with Gasteiger partial charge in [-0.15, -0.1) is 12.4 Å². The van der Waals surface area contributed by atoms with Crippen LogP contribution in [0.4, 0.5) is 0 Å². The molecule has 0 saturated heterocycles. The van der Waals surface area contributed by atoms with E-state index in [4.69, 9.17) is 0 Å². The molecule has 1 atom stereocenters. The van der Waals surface area contributed by atoms with Crippen molar-refractivity contribution in [3.63, 3.8) is 0 Å². The van der Waals surface area contributed by atoms with Crippen molar-refractivity contribution in [2.75, 3.05) is 0 Å². The Labute approximate surface area is 126 Å². The molecule has 2 aliphatic rings. The van der Waals surface area contributed by atoms with Gasteiger partial charge in [-0.25, -0.2) is 0 Å². The first-order chi connectivity index (χ1) is 9.06. The summed E-state index contributed by atoms with van der Waals surface area (Å²) >= 11 is 0. The molecule has 3 nitrogen and oxygen atoms in total. The van der Waals surface area contributed by atoms with Crippen molar-refractivity contribution in [1.29, 1.82) is 0 Å². The molecule has 110 valence electrons. The van der Waals surface area contributed by atoms with Crippen molar-refractivity contribution in [2.45, 2.75) is 52.2 Å². The van der Waals surface area contributed by atoms with E-state index in [0.717, 1.165) is 25.1 Å². The van der Waals surface area contributed by atoms with Gasteiger partial charge in [-0.2, -0.15) is 0 Å². The van der Waals surface area contributed by atoms with Crippen molar-refractivity contribution in [2.24, 2.45) is 5.41 Å².